The molecule has 13 heavy (non-hydrogen) atoms. The van der Waals surface area contributed by atoms with E-state index < -0.39 is 0 Å². The van der Waals surface area contributed by atoms with E-state index >= 15 is 0 Å². The van der Waals surface area contributed by atoms with E-state index in [1.165, 1.54) is 0 Å². The number of methoxy groups -OCH3 is 1. The van der Waals surface area contributed by atoms with Crippen molar-refractivity contribution in [1.29, 1.82) is 0 Å². The summed E-state index contributed by atoms with van der Waals surface area (Å²) in [5, 5.41) is 0. The fourth-order valence-electron chi connectivity index (χ4n) is 1.00. The molecule has 5 heteroatoms. The number of hydrazine groups is 1. The predicted octanol–water partition coefficient (Wildman–Crippen LogP) is -0.206. The molecule has 78 valence electrons. The zero-order valence-corrected chi connectivity index (χ0v) is 8.71. The molecule has 0 amide bonds. The van der Waals surface area contributed by atoms with Gasteiger partial charge >= 0.3 is 0 Å². The zero-order valence-electron chi connectivity index (χ0n) is 8.71. The summed E-state index contributed by atoms with van der Waals surface area (Å²) < 4.78 is 4.89. The van der Waals surface area contributed by atoms with Crippen molar-refractivity contribution in [3.63, 3.8) is 0 Å². The Balaban J connectivity index is 4.04. The number of nitrogens with zero attached hydrogens (tertiary/aromatic N) is 2. The predicted molar refractivity (Wildman–Crippen MR) is 54.4 cm³/mol. The second-order valence-corrected chi connectivity index (χ2v) is 2.51. The van der Waals surface area contributed by atoms with E-state index in [1.807, 2.05) is 0 Å². The lowest BCUT2D eigenvalue weighted by Gasteiger charge is -2.21. The molecule has 0 unspecified atom stereocenters. The van der Waals surface area contributed by atoms with Crippen LogP contribution in [0.15, 0.2) is 4.99 Å². The van der Waals surface area contributed by atoms with E-state index in [-0.39, 0.29) is 0 Å². The molecule has 0 atom stereocenters. The number of rotatable bonds is 5. The van der Waals surface area contributed by atoms with Gasteiger partial charge in [-0.3, -0.25) is 5.43 Å². The van der Waals surface area contributed by atoms with Crippen LogP contribution in [-0.4, -0.2) is 44.2 Å². The molecule has 0 aromatic carbocycles. The first kappa shape index (κ1) is 12.2. The Labute approximate surface area is 79.9 Å². The highest BCUT2D eigenvalue weighted by molar-refractivity contribution is 5.79. The molecule has 0 saturated heterocycles. The molecule has 0 aromatic heterocycles. The Hall–Kier alpha value is -0.810. The fourth-order valence-corrected chi connectivity index (χ4v) is 1.00. The molecule has 0 rings (SSSR count). The molecular weight excluding hydrogens is 168 g/mol. The van der Waals surface area contributed by atoms with E-state index in [0.29, 0.717) is 13.2 Å². The van der Waals surface area contributed by atoms with Crippen molar-refractivity contribution >= 4 is 5.96 Å². The molecule has 0 bridgehead atoms. The van der Waals surface area contributed by atoms with E-state index in [0.717, 1.165) is 19.0 Å². The third-order valence-electron chi connectivity index (χ3n) is 1.75. The van der Waals surface area contributed by atoms with Crippen LogP contribution in [0.25, 0.3) is 0 Å². The Bertz CT molecular complexity index is 145. The fraction of sp³-hybridized carbons (Fsp3) is 0.875. The first-order valence-electron chi connectivity index (χ1n) is 4.55. The van der Waals surface area contributed by atoms with Gasteiger partial charge in [0.05, 0.1) is 13.2 Å². The van der Waals surface area contributed by atoms with Crippen molar-refractivity contribution < 1.29 is 4.74 Å². The number of nitrogens with one attached hydrogen (secondary N) is 1. The smallest absolute Gasteiger partial charge is 0.208 e. The van der Waals surface area contributed by atoms with Crippen LogP contribution in [0.4, 0.5) is 0 Å². The van der Waals surface area contributed by atoms with E-state index in [9.17, 15) is 0 Å². The van der Waals surface area contributed by atoms with Crippen LogP contribution in [0.3, 0.4) is 0 Å². The number of ether oxygens (including phenoxy) is 1. The summed E-state index contributed by atoms with van der Waals surface area (Å²) in [5.41, 5.74) is 2.58. The second kappa shape index (κ2) is 7.82. The van der Waals surface area contributed by atoms with Gasteiger partial charge in [-0.2, -0.15) is 0 Å². The number of guanidine groups is 1. The van der Waals surface area contributed by atoms with Crippen LogP contribution in [-0.2, 0) is 4.74 Å². The van der Waals surface area contributed by atoms with Gasteiger partial charge in [0.1, 0.15) is 0 Å². The molecule has 0 aromatic rings. The highest BCUT2D eigenvalue weighted by Crippen LogP contribution is 1.88. The number of hydrogen-bond donors (Lipinski definition) is 2. The summed E-state index contributed by atoms with van der Waals surface area (Å²) in [4.78, 5) is 6.31. The summed E-state index contributed by atoms with van der Waals surface area (Å²) in [7, 11) is 1.66. The average molecular weight is 188 g/mol. The van der Waals surface area contributed by atoms with Gasteiger partial charge in [-0.15, -0.1) is 0 Å². The highest BCUT2D eigenvalue weighted by atomic mass is 16.5. The average Bonchev–Trinajstić information content (AvgIpc) is 2.17. The normalized spacial score (nSPS) is 11.5. The molecule has 0 aliphatic heterocycles. The first-order valence-corrected chi connectivity index (χ1v) is 4.55. The summed E-state index contributed by atoms with van der Waals surface area (Å²) >= 11 is 0. The van der Waals surface area contributed by atoms with Crippen LogP contribution >= 0.6 is 0 Å². The third-order valence-corrected chi connectivity index (χ3v) is 1.75. The Morgan fingerprint density at radius 3 is 2.46 bits per heavy atom. The summed E-state index contributed by atoms with van der Waals surface area (Å²) in [5.74, 6) is 6.07. The van der Waals surface area contributed by atoms with Gasteiger partial charge in [0, 0.05) is 20.2 Å². The lowest BCUT2D eigenvalue weighted by Crippen LogP contribution is -2.44. The van der Waals surface area contributed by atoms with Crippen LogP contribution < -0.4 is 11.3 Å². The number of nitrogens with two attached hydrogens (primary N) is 1. The minimum atomic E-state index is 0.618. The SMILES string of the molecule is CCN(CC)C(=NCCOC)NN. The van der Waals surface area contributed by atoms with Crippen molar-refractivity contribution in [3.05, 3.63) is 0 Å². The Kier molecular flexibility index (Phi) is 7.33. The van der Waals surface area contributed by atoms with Gasteiger partial charge in [-0.25, -0.2) is 10.8 Å². The van der Waals surface area contributed by atoms with Gasteiger partial charge in [-0.1, -0.05) is 0 Å². The minimum absolute atomic E-state index is 0.618. The van der Waals surface area contributed by atoms with Crippen molar-refractivity contribution in [1.82, 2.24) is 10.3 Å². The zero-order chi connectivity index (χ0) is 10.1. The van der Waals surface area contributed by atoms with E-state index in [1.54, 1.807) is 7.11 Å². The summed E-state index contributed by atoms with van der Waals surface area (Å²) in [6.45, 7) is 7.16. The molecule has 3 N–H and O–H groups in total. The van der Waals surface area contributed by atoms with Crippen molar-refractivity contribution in [3.8, 4) is 0 Å². The lowest BCUT2D eigenvalue weighted by molar-refractivity contribution is 0.207. The third kappa shape index (κ3) is 4.69. The van der Waals surface area contributed by atoms with Crippen molar-refractivity contribution in [2.45, 2.75) is 13.8 Å². The number of hydrogen-bond acceptors (Lipinski definition) is 3. The Morgan fingerprint density at radius 2 is 2.08 bits per heavy atom. The number of aliphatic imine (C=N–C) groups is 1. The molecule has 5 nitrogen and oxygen atoms in total. The van der Waals surface area contributed by atoms with E-state index in [4.69, 9.17) is 10.6 Å². The maximum atomic E-state index is 5.34. The molecular formula is C8H20N4O. The lowest BCUT2D eigenvalue weighted by atomic mass is 10.5. The molecule has 0 fully saturated rings. The monoisotopic (exact) mass is 188 g/mol. The standard InChI is InChI=1S/C8H20N4O/c1-4-12(5-2)8(11-9)10-6-7-13-3/h4-7,9H2,1-3H3,(H,10,11). The molecule has 0 aliphatic rings. The first-order chi connectivity index (χ1) is 6.29. The van der Waals surface area contributed by atoms with Crippen LogP contribution in [0, 0.1) is 0 Å². The quantitative estimate of drug-likeness (QED) is 0.206. The molecule has 0 aliphatic carbocycles. The Morgan fingerprint density at radius 1 is 1.46 bits per heavy atom. The minimum Gasteiger partial charge on any atom is -0.383 e. The topological polar surface area (TPSA) is 62.9 Å². The second-order valence-electron chi connectivity index (χ2n) is 2.51. The van der Waals surface area contributed by atoms with Crippen LogP contribution in [0.5, 0.6) is 0 Å². The molecule has 0 saturated carbocycles. The van der Waals surface area contributed by atoms with Crippen molar-refractivity contribution in [2.75, 3.05) is 33.4 Å². The van der Waals surface area contributed by atoms with Gasteiger partial charge in [0.2, 0.25) is 5.96 Å². The van der Waals surface area contributed by atoms with Crippen molar-refractivity contribution in [2.24, 2.45) is 10.8 Å². The molecule has 0 spiro atoms. The van der Waals surface area contributed by atoms with E-state index in [2.05, 4.69) is 29.2 Å². The maximum absolute atomic E-state index is 5.34. The molecule has 0 radical (unpaired) electrons. The highest BCUT2D eigenvalue weighted by Gasteiger charge is 2.03. The maximum Gasteiger partial charge on any atom is 0.208 e. The van der Waals surface area contributed by atoms with Gasteiger partial charge in [0.15, 0.2) is 0 Å². The van der Waals surface area contributed by atoms with Crippen LogP contribution in [0.2, 0.25) is 0 Å². The largest absolute Gasteiger partial charge is 0.383 e. The summed E-state index contributed by atoms with van der Waals surface area (Å²) in [6.07, 6.45) is 0. The van der Waals surface area contributed by atoms with Crippen LogP contribution in [0.1, 0.15) is 13.8 Å². The molecule has 0 heterocycles. The van der Waals surface area contributed by atoms with Gasteiger partial charge < -0.3 is 9.64 Å². The summed E-state index contributed by atoms with van der Waals surface area (Å²) in [6, 6.07) is 0. The van der Waals surface area contributed by atoms with Gasteiger partial charge in [-0.05, 0) is 13.8 Å². The van der Waals surface area contributed by atoms with Gasteiger partial charge in [0.25, 0.3) is 0 Å².